The highest BCUT2D eigenvalue weighted by molar-refractivity contribution is 6.21. The Hall–Kier alpha value is -9.96. The van der Waals surface area contributed by atoms with E-state index in [4.69, 9.17) is 0 Å². The maximum Gasteiger partial charge on any atom is 0.0540 e. The Labute approximate surface area is 445 Å². The second kappa shape index (κ2) is 20.2. The van der Waals surface area contributed by atoms with Crippen LogP contribution in [0.15, 0.2) is 303 Å². The van der Waals surface area contributed by atoms with Crippen LogP contribution >= 0.6 is 0 Å². The number of hydrogen-bond acceptors (Lipinski definition) is 3. The summed E-state index contributed by atoms with van der Waals surface area (Å²) in [5.74, 6) is 0. The Kier molecular flexibility index (Phi) is 12.2. The quantitative estimate of drug-likeness (QED) is 0.113. The molecule has 0 saturated carbocycles. The smallest absolute Gasteiger partial charge is 0.0540 e. The second-order valence-corrected chi connectivity index (χ2v) is 19.4. The number of rotatable bonds is 12. The third kappa shape index (κ3) is 8.70. The summed E-state index contributed by atoms with van der Waals surface area (Å²) in [6, 6.07) is 110. The molecular formula is C73H53N3. The van der Waals surface area contributed by atoms with Gasteiger partial charge in [-0.3, -0.25) is 0 Å². The van der Waals surface area contributed by atoms with Gasteiger partial charge in [-0.25, -0.2) is 0 Å². The highest BCUT2D eigenvalue weighted by atomic mass is 15.2. The Bertz CT molecular complexity index is 4040. The molecule has 0 spiro atoms. The lowest BCUT2D eigenvalue weighted by molar-refractivity contribution is 1.25. The van der Waals surface area contributed by atoms with Crippen molar-refractivity contribution in [3.8, 4) is 33.4 Å². The topological polar surface area (TPSA) is 9.72 Å². The molecule has 0 aliphatic heterocycles. The molecule has 3 heteroatoms. The molecule has 0 bridgehead atoms. The Morgan fingerprint density at radius 2 is 0.539 bits per heavy atom. The zero-order valence-corrected chi connectivity index (χ0v) is 42.2. The van der Waals surface area contributed by atoms with E-state index in [1.165, 1.54) is 60.1 Å². The van der Waals surface area contributed by atoms with Gasteiger partial charge in [-0.05, 0) is 170 Å². The van der Waals surface area contributed by atoms with Crippen molar-refractivity contribution in [2.75, 3.05) is 14.7 Å². The van der Waals surface area contributed by atoms with Crippen LogP contribution in [0.2, 0.25) is 0 Å². The summed E-state index contributed by atoms with van der Waals surface area (Å²) in [4.78, 5) is 7.04. The van der Waals surface area contributed by atoms with Crippen LogP contribution in [0.1, 0.15) is 5.56 Å². The van der Waals surface area contributed by atoms with E-state index in [2.05, 4.69) is 325 Å². The highest BCUT2D eigenvalue weighted by Crippen LogP contribution is 2.46. The number of hydrogen-bond donors (Lipinski definition) is 0. The van der Waals surface area contributed by atoms with Gasteiger partial charge in [0.05, 0.1) is 5.69 Å². The van der Waals surface area contributed by atoms with E-state index < -0.39 is 0 Å². The van der Waals surface area contributed by atoms with E-state index in [-0.39, 0.29) is 0 Å². The maximum absolute atomic E-state index is 2.38. The molecule has 0 amide bonds. The summed E-state index contributed by atoms with van der Waals surface area (Å²) in [6.45, 7) is 2.15. The van der Waals surface area contributed by atoms with Gasteiger partial charge in [0.1, 0.15) is 0 Å². The van der Waals surface area contributed by atoms with Gasteiger partial charge < -0.3 is 14.7 Å². The van der Waals surface area contributed by atoms with Crippen LogP contribution in [-0.4, -0.2) is 0 Å². The van der Waals surface area contributed by atoms with Crippen molar-refractivity contribution < 1.29 is 0 Å². The van der Waals surface area contributed by atoms with Gasteiger partial charge in [-0.15, -0.1) is 0 Å². The third-order valence-corrected chi connectivity index (χ3v) is 14.7. The fourth-order valence-corrected chi connectivity index (χ4v) is 11.1. The minimum Gasteiger partial charge on any atom is -0.311 e. The van der Waals surface area contributed by atoms with E-state index in [0.29, 0.717) is 0 Å². The highest BCUT2D eigenvalue weighted by Gasteiger charge is 2.21. The van der Waals surface area contributed by atoms with Gasteiger partial charge in [0.25, 0.3) is 0 Å². The van der Waals surface area contributed by atoms with Gasteiger partial charge in [0.2, 0.25) is 0 Å². The SMILES string of the molecule is Cc1ccc(-c2c3ccccc3c(-c3ccc(-c4cccc(N(c5ccccc5)c5ccc(N(c6ccc(N(c7ccccc7)c7ccccc7)cc6)c6cccc7ccccc67)cc5)c4)cc3)c3ccccc23)cc1. The second-order valence-electron chi connectivity index (χ2n) is 19.4. The lowest BCUT2D eigenvalue weighted by Gasteiger charge is -2.30. The summed E-state index contributed by atoms with van der Waals surface area (Å²) in [5.41, 5.74) is 18.3. The standard InChI is InChI=1S/C73H53N3/c1-52-35-37-55(38-36-52)72-67-30-13-15-32-69(67)73(70-33-16-14-31-68(70)72)56-41-39-53(40-42-56)57-21-17-28-65(51-57)75(60-26-9-4-10-27-60)62-45-49-64(50-46-62)76(71-34-18-20-54-19-11-12-29-66(54)71)63-47-43-61(44-48-63)74(58-22-5-2-6-23-58)59-24-7-3-8-25-59/h2-51H,1H3. The van der Waals surface area contributed by atoms with Crippen molar-refractivity contribution in [3.63, 3.8) is 0 Å². The number of para-hydroxylation sites is 3. The van der Waals surface area contributed by atoms with Crippen LogP contribution in [0.5, 0.6) is 0 Å². The molecular weight excluding hydrogens is 919 g/mol. The van der Waals surface area contributed by atoms with Crippen molar-refractivity contribution >= 4 is 83.5 Å². The predicted octanol–water partition coefficient (Wildman–Crippen LogP) is 20.9. The summed E-state index contributed by atoms with van der Waals surface area (Å²) in [7, 11) is 0. The van der Waals surface area contributed by atoms with E-state index in [1.807, 2.05) is 0 Å². The Morgan fingerprint density at radius 3 is 1.01 bits per heavy atom. The van der Waals surface area contributed by atoms with Gasteiger partial charge in [-0.1, -0.05) is 206 Å². The third-order valence-electron chi connectivity index (χ3n) is 14.7. The van der Waals surface area contributed by atoms with Crippen molar-refractivity contribution in [3.05, 3.63) is 309 Å². The fourth-order valence-electron chi connectivity index (χ4n) is 11.1. The number of nitrogens with zero attached hydrogens (tertiary/aromatic N) is 3. The monoisotopic (exact) mass is 971 g/mol. The zero-order valence-electron chi connectivity index (χ0n) is 42.2. The molecule has 0 unspecified atom stereocenters. The molecule has 0 atom stereocenters. The lowest BCUT2D eigenvalue weighted by Crippen LogP contribution is -2.13. The fraction of sp³-hybridized carbons (Fsp3) is 0.0137. The number of anilines is 9. The van der Waals surface area contributed by atoms with Gasteiger partial charge >= 0.3 is 0 Å². The number of aryl methyl sites for hydroxylation is 1. The van der Waals surface area contributed by atoms with Gasteiger partial charge in [0, 0.05) is 50.9 Å². The molecule has 0 aliphatic carbocycles. The average Bonchev–Trinajstić information content (AvgIpc) is 3.51. The van der Waals surface area contributed by atoms with Crippen LogP contribution in [-0.2, 0) is 0 Å². The van der Waals surface area contributed by atoms with E-state index in [1.54, 1.807) is 0 Å². The molecule has 0 radical (unpaired) electrons. The molecule has 13 aromatic carbocycles. The molecule has 0 aliphatic rings. The largest absolute Gasteiger partial charge is 0.311 e. The lowest BCUT2D eigenvalue weighted by atomic mass is 9.85. The first-order chi connectivity index (χ1) is 37.6. The van der Waals surface area contributed by atoms with Crippen LogP contribution in [0.4, 0.5) is 51.2 Å². The molecule has 13 aromatic rings. The first kappa shape index (κ1) is 45.9. The minimum atomic E-state index is 1.06. The number of fused-ring (bicyclic) bond motifs is 3. The maximum atomic E-state index is 2.38. The molecule has 0 N–H and O–H groups in total. The molecule has 0 heterocycles. The van der Waals surface area contributed by atoms with E-state index in [9.17, 15) is 0 Å². The molecule has 3 nitrogen and oxygen atoms in total. The van der Waals surface area contributed by atoms with Crippen LogP contribution < -0.4 is 14.7 Å². The van der Waals surface area contributed by atoms with Crippen molar-refractivity contribution in [2.45, 2.75) is 6.92 Å². The summed E-state index contributed by atoms with van der Waals surface area (Å²) in [6.07, 6.45) is 0. The van der Waals surface area contributed by atoms with E-state index in [0.717, 1.165) is 62.3 Å². The van der Waals surface area contributed by atoms with Crippen LogP contribution in [0.25, 0.3) is 65.7 Å². The van der Waals surface area contributed by atoms with Gasteiger partial charge in [0.15, 0.2) is 0 Å². The molecule has 0 aromatic heterocycles. The molecule has 13 rings (SSSR count). The molecule has 0 fully saturated rings. The average molecular weight is 972 g/mol. The Morgan fingerprint density at radius 1 is 0.211 bits per heavy atom. The number of benzene rings is 13. The van der Waals surface area contributed by atoms with Crippen molar-refractivity contribution in [1.29, 1.82) is 0 Å². The minimum absolute atomic E-state index is 1.06. The van der Waals surface area contributed by atoms with Crippen molar-refractivity contribution in [2.24, 2.45) is 0 Å². The van der Waals surface area contributed by atoms with E-state index >= 15 is 0 Å². The predicted molar refractivity (Wildman–Crippen MR) is 324 cm³/mol. The Balaban J connectivity index is 0.862. The van der Waals surface area contributed by atoms with Gasteiger partial charge in [-0.2, -0.15) is 0 Å². The first-order valence-electron chi connectivity index (χ1n) is 26.1. The molecule has 76 heavy (non-hydrogen) atoms. The summed E-state index contributed by atoms with van der Waals surface area (Å²) < 4.78 is 0. The van der Waals surface area contributed by atoms with Crippen LogP contribution in [0, 0.1) is 6.92 Å². The summed E-state index contributed by atoms with van der Waals surface area (Å²) >= 11 is 0. The zero-order chi connectivity index (χ0) is 50.8. The van der Waals surface area contributed by atoms with Crippen molar-refractivity contribution in [1.82, 2.24) is 0 Å². The van der Waals surface area contributed by atoms with Crippen LogP contribution in [0.3, 0.4) is 0 Å². The first-order valence-corrected chi connectivity index (χ1v) is 26.1. The normalized spacial score (nSPS) is 11.2. The molecule has 0 saturated heterocycles. The summed E-state index contributed by atoms with van der Waals surface area (Å²) in [5, 5.41) is 7.40. The molecule has 360 valence electrons.